The fourth-order valence-electron chi connectivity index (χ4n) is 4.00. The van der Waals surface area contributed by atoms with Crippen molar-refractivity contribution in [3.8, 4) is 23.1 Å². The number of ether oxygens (including phenoxy) is 3. The minimum Gasteiger partial charge on any atom is -0.493 e. The average Bonchev–Trinajstić information content (AvgIpc) is 2.88. The second kappa shape index (κ2) is 11.9. The van der Waals surface area contributed by atoms with E-state index in [2.05, 4.69) is 25.5 Å². The van der Waals surface area contributed by atoms with Crippen LogP contribution in [-0.2, 0) is 0 Å². The summed E-state index contributed by atoms with van der Waals surface area (Å²) in [7, 11) is 3.13. The Balaban J connectivity index is 1.47. The number of fused-ring (bicyclic) bond motifs is 1. The summed E-state index contributed by atoms with van der Waals surface area (Å²) in [5.74, 6) is 2.04. The van der Waals surface area contributed by atoms with Gasteiger partial charge >= 0.3 is 6.03 Å². The molecule has 186 valence electrons. The van der Waals surface area contributed by atoms with E-state index in [1.165, 1.54) is 45.7 Å². The van der Waals surface area contributed by atoms with Gasteiger partial charge in [0.25, 0.3) is 0 Å². The van der Waals surface area contributed by atoms with Crippen LogP contribution in [0, 0.1) is 0 Å². The van der Waals surface area contributed by atoms with E-state index in [-0.39, 0.29) is 6.03 Å². The van der Waals surface area contributed by atoms with E-state index >= 15 is 0 Å². The Hall–Kier alpha value is -3.30. The van der Waals surface area contributed by atoms with Crippen LogP contribution in [0.1, 0.15) is 25.7 Å². The van der Waals surface area contributed by atoms with Crippen molar-refractivity contribution in [1.82, 2.24) is 20.2 Å². The zero-order chi connectivity index (χ0) is 24.6. The highest BCUT2D eigenvalue weighted by Crippen LogP contribution is 2.37. The molecule has 0 aliphatic carbocycles. The van der Waals surface area contributed by atoms with Crippen LogP contribution in [0.4, 0.5) is 10.5 Å². The second-order valence-electron chi connectivity index (χ2n) is 8.25. The molecule has 35 heavy (non-hydrogen) atoms. The number of amides is 2. The van der Waals surface area contributed by atoms with Gasteiger partial charge in [-0.1, -0.05) is 18.0 Å². The van der Waals surface area contributed by atoms with Gasteiger partial charge in [-0.3, -0.25) is 0 Å². The summed E-state index contributed by atoms with van der Waals surface area (Å²) in [6.45, 7) is 3.99. The number of aromatic nitrogens is 2. The highest BCUT2D eigenvalue weighted by Gasteiger charge is 2.15. The first-order chi connectivity index (χ1) is 17.1. The molecule has 10 heteroatoms. The normalized spacial score (nSPS) is 13.9. The molecule has 1 aliphatic heterocycles. The molecule has 1 aromatic heterocycles. The molecule has 1 aliphatic rings. The number of benzene rings is 2. The van der Waals surface area contributed by atoms with Gasteiger partial charge in [0.05, 0.1) is 35.3 Å². The van der Waals surface area contributed by atoms with Crippen LogP contribution >= 0.6 is 11.6 Å². The minimum atomic E-state index is -0.362. The number of nitrogens with zero attached hydrogens (tertiary/aromatic N) is 3. The first kappa shape index (κ1) is 24.8. The third kappa shape index (κ3) is 6.43. The van der Waals surface area contributed by atoms with Crippen molar-refractivity contribution in [3.63, 3.8) is 0 Å². The van der Waals surface area contributed by atoms with Crippen LogP contribution in [0.25, 0.3) is 10.9 Å². The zero-order valence-corrected chi connectivity index (χ0v) is 20.7. The highest BCUT2D eigenvalue weighted by atomic mass is 35.5. The predicted octanol–water partition coefficient (Wildman–Crippen LogP) is 5.09. The van der Waals surface area contributed by atoms with E-state index in [1.807, 2.05) is 12.1 Å². The number of halogens is 1. The summed E-state index contributed by atoms with van der Waals surface area (Å²) < 4.78 is 17.6. The summed E-state index contributed by atoms with van der Waals surface area (Å²) in [5, 5.41) is 6.14. The largest absolute Gasteiger partial charge is 0.493 e. The van der Waals surface area contributed by atoms with Crippen LogP contribution in [0.2, 0.25) is 5.02 Å². The molecule has 9 nitrogen and oxygen atoms in total. The van der Waals surface area contributed by atoms with Crippen LogP contribution in [0.15, 0.2) is 36.7 Å². The summed E-state index contributed by atoms with van der Waals surface area (Å²) in [5.41, 5.74) is 1.14. The smallest absolute Gasteiger partial charge is 0.319 e. The maximum absolute atomic E-state index is 11.5. The molecule has 0 radical (unpaired) electrons. The standard InChI is InChI=1S/C25H30ClN5O4/c1-27-25(32)30-20-8-7-17(13-19(20)26)35-24-18-14-22(33-2)23(15-21(18)28-16-29-24)34-12-6-11-31-9-4-3-5-10-31/h7-8,13-16H,3-6,9-12H2,1-2H3,(H2,27,30,32). The van der Waals surface area contributed by atoms with E-state index in [4.69, 9.17) is 25.8 Å². The Kier molecular flexibility index (Phi) is 8.44. The molecule has 0 spiro atoms. The number of anilines is 1. The van der Waals surface area contributed by atoms with E-state index in [9.17, 15) is 4.79 Å². The molecular weight excluding hydrogens is 470 g/mol. The lowest BCUT2D eigenvalue weighted by molar-refractivity contribution is 0.203. The van der Waals surface area contributed by atoms with Gasteiger partial charge in [0.15, 0.2) is 11.5 Å². The summed E-state index contributed by atoms with van der Waals surface area (Å²) >= 11 is 6.30. The van der Waals surface area contributed by atoms with Gasteiger partial charge in [-0.2, -0.15) is 0 Å². The number of hydrogen-bond donors (Lipinski definition) is 2. The Morgan fingerprint density at radius 3 is 2.69 bits per heavy atom. The fraction of sp³-hybridized carbons (Fsp3) is 0.400. The molecule has 0 bridgehead atoms. The number of piperidine rings is 1. The average molecular weight is 500 g/mol. The molecule has 1 fully saturated rings. The van der Waals surface area contributed by atoms with Gasteiger partial charge in [-0.05, 0) is 50.6 Å². The SMILES string of the molecule is CNC(=O)Nc1ccc(Oc2ncnc3cc(OCCCN4CCCCC4)c(OC)cc23)cc1Cl. The fourth-order valence-corrected chi connectivity index (χ4v) is 4.22. The van der Waals surface area contributed by atoms with Gasteiger partial charge in [0.2, 0.25) is 5.88 Å². The molecule has 1 saturated heterocycles. The number of rotatable bonds is 9. The molecule has 0 atom stereocenters. The summed E-state index contributed by atoms with van der Waals surface area (Å²) in [6.07, 6.45) is 6.29. The number of nitrogens with one attached hydrogen (secondary N) is 2. The highest BCUT2D eigenvalue weighted by molar-refractivity contribution is 6.33. The summed E-state index contributed by atoms with van der Waals surface area (Å²) in [6, 6.07) is 8.26. The van der Waals surface area contributed by atoms with Gasteiger partial charge in [-0.15, -0.1) is 0 Å². The Labute approximate surface area is 209 Å². The molecule has 0 unspecified atom stereocenters. The van der Waals surface area contributed by atoms with Crippen LogP contribution in [0.3, 0.4) is 0 Å². The minimum absolute atomic E-state index is 0.335. The number of hydrogen-bond acceptors (Lipinski definition) is 7. The van der Waals surface area contributed by atoms with Crippen molar-refractivity contribution in [2.45, 2.75) is 25.7 Å². The molecule has 2 aromatic carbocycles. The van der Waals surface area contributed by atoms with Crippen molar-refractivity contribution >= 4 is 34.2 Å². The van der Waals surface area contributed by atoms with E-state index in [0.29, 0.717) is 51.3 Å². The lowest BCUT2D eigenvalue weighted by Crippen LogP contribution is -2.31. The van der Waals surface area contributed by atoms with Gasteiger partial charge in [0, 0.05) is 25.7 Å². The lowest BCUT2D eigenvalue weighted by Gasteiger charge is -2.26. The van der Waals surface area contributed by atoms with Crippen LogP contribution in [0.5, 0.6) is 23.1 Å². The first-order valence-electron chi connectivity index (χ1n) is 11.7. The van der Waals surface area contributed by atoms with E-state index in [0.717, 1.165) is 13.0 Å². The lowest BCUT2D eigenvalue weighted by atomic mass is 10.1. The van der Waals surface area contributed by atoms with E-state index < -0.39 is 0 Å². The molecular formula is C25H30ClN5O4. The second-order valence-corrected chi connectivity index (χ2v) is 8.66. The maximum Gasteiger partial charge on any atom is 0.319 e. The first-order valence-corrected chi connectivity index (χ1v) is 12.1. The quantitative estimate of drug-likeness (QED) is 0.396. The zero-order valence-electron chi connectivity index (χ0n) is 20.0. The molecule has 0 saturated carbocycles. The van der Waals surface area contributed by atoms with Crippen molar-refractivity contribution < 1.29 is 19.0 Å². The number of methoxy groups -OCH3 is 1. The monoisotopic (exact) mass is 499 g/mol. The Bertz CT molecular complexity index is 1170. The molecule has 3 aromatic rings. The van der Waals surface area contributed by atoms with Crippen molar-refractivity contribution in [2.75, 3.05) is 45.7 Å². The van der Waals surface area contributed by atoms with Crippen molar-refractivity contribution in [1.29, 1.82) is 0 Å². The van der Waals surface area contributed by atoms with Gasteiger partial charge < -0.3 is 29.7 Å². The Morgan fingerprint density at radius 2 is 1.94 bits per heavy atom. The third-order valence-corrected chi connectivity index (χ3v) is 6.15. The maximum atomic E-state index is 11.5. The number of carbonyl (C=O) groups is 1. The van der Waals surface area contributed by atoms with Gasteiger partial charge in [-0.25, -0.2) is 14.8 Å². The third-order valence-electron chi connectivity index (χ3n) is 5.84. The van der Waals surface area contributed by atoms with Gasteiger partial charge in [0.1, 0.15) is 12.1 Å². The molecule has 4 rings (SSSR count). The predicted molar refractivity (Wildman–Crippen MR) is 136 cm³/mol. The topological polar surface area (TPSA) is 97.8 Å². The number of likely N-dealkylation sites (tertiary alicyclic amines) is 1. The molecule has 2 heterocycles. The van der Waals surface area contributed by atoms with Crippen molar-refractivity contribution in [2.24, 2.45) is 0 Å². The Morgan fingerprint density at radius 1 is 1.11 bits per heavy atom. The number of urea groups is 1. The summed E-state index contributed by atoms with van der Waals surface area (Å²) in [4.78, 5) is 22.7. The van der Waals surface area contributed by atoms with Crippen LogP contribution < -0.4 is 24.8 Å². The number of carbonyl (C=O) groups excluding carboxylic acids is 1. The molecule has 2 amide bonds. The van der Waals surface area contributed by atoms with Crippen molar-refractivity contribution in [3.05, 3.63) is 41.7 Å². The van der Waals surface area contributed by atoms with E-state index in [1.54, 1.807) is 25.3 Å². The van der Waals surface area contributed by atoms with Crippen LogP contribution in [-0.4, -0.2) is 61.3 Å². The molecule has 2 N–H and O–H groups in total.